The molecule has 1 rings (SSSR count). The highest BCUT2D eigenvalue weighted by Gasteiger charge is 2.13. The molecule has 0 bridgehead atoms. The Balaban J connectivity index is 2.82. The molecule has 0 amide bonds. The lowest BCUT2D eigenvalue weighted by Gasteiger charge is -2.04. The van der Waals surface area contributed by atoms with Crippen LogP contribution in [0.2, 0.25) is 0 Å². The zero-order valence-corrected chi connectivity index (χ0v) is 10.5. The second-order valence-corrected chi connectivity index (χ2v) is 6.24. The molecule has 1 heterocycles. The lowest BCUT2D eigenvalue weighted by Crippen LogP contribution is -2.12. The van der Waals surface area contributed by atoms with Crippen LogP contribution in [0.4, 0.5) is 0 Å². The predicted molar refractivity (Wildman–Crippen MR) is 62.4 cm³/mol. The maximum absolute atomic E-state index is 11.7. The number of carbonyl (C=O) groups excluding carboxylic acids is 1. The predicted octanol–water partition coefficient (Wildman–Crippen LogP) is 1.32. The van der Waals surface area contributed by atoms with Crippen LogP contribution < -0.4 is 0 Å². The SMILES string of the molecule is Cc1cnc(C(=O)CCS(C)(=O)=O)c(C)c1. The van der Waals surface area contributed by atoms with Gasteiger partial charge in [0.15, 0.2) is 5.78 Å². The van der Waals surface area contributed by atoms with Gasteiger partial charge >= 0.3 is 0 Å². The number of sulfone groups is 1. The molecule has 88 valence electrons. The minimum atomic E-state index is -3.10. The van der Waals surface area contributed by atoms with E-state index in [0.717, 1.165) is 17.4 Å². The van der Waals surface area contributed by atoms with E-state index in [1.54, 1.807) is 13.1 Å². The normalized spacial score (nSPS) is 11.4. The van der Waals surface area contributed by atoms with Gasteiger partial charge in [-0.3, -0.25) is 9.78 Å². The van der Waals surface area contributed by atoms with Crippen molar-refractivity contribution in [2.75, 3.05) is 12.0 Å². The fourth-order valence-corrected chi connectivity index (χ4v) is 1.96. The summed E-state index contributed by atoms with van der Waals surface area (Å²) in [5, 5.41) is 0. The van der Waals surface area contributed by atoms with Crippen molar-refractivity contribution in [2.24, 2.45) is 0 Å². The average molecular weight is 241 g/mol. The highest BCUT2D eigenvalue weighted by atomic mass is 32.2. The Kier molecular flexibility index (Phi) is 3.80. The van der Waals surface area contributed by atoms with Crippen LogP contribution in [0.15, 0.2) is 12.3 Å². The van der Waals surface area contributed by atoms with Crippen molar-refractivity contribution in [3.63, 3.8) is 0 Å². The molecule has 0 saturated carbocycles. The van der Waals surface area contributed by atoms with Gasteiger partial charge in [0.2, 0.25) is 0 Å². The van der Waals surface area contributed by atoms with E-state index in [4.69, 9.17) is 0 Å². The van der Waals surface area contributed by atoms with Gasteiger partial charge in [-0.25, -0.2) is 8.42 Å². The molecule has 1 aromatic heterocycles. The first kappa shape index (κ1) is 12.8. The maximum atomic E-state index is 11.7. The van der Waals surface area contributed by atoms with E-state index < -0.39 is 9.84 Å². The third-order valence-electron chi connectivity index (χ3n) is 2.18. The molecule has 0 aliphatic heterocycles. The van der Waals surface area contributed by atoms with E-state index in [0.29, 0.717) is 5.69 Å². The molecule has 0 saturated heterocycles. The lowest BCUT2D eigenvalue weighted by atomic mass is 10.1. The van der Waals surface area contributed by atoms with Crippen LogP contribution in [0.3, 0.4) is 0 Å². The second kappa shape index (κ2) is 4.74. The summed E-state index contributed by atoms with van der Waals surface area (Å²) in [4.78, 5) is 15.7. The zero-order valence-electron chi connectivity index (χ0n) is 9.65. The van der Waals surface area contributed by atoms with E-state index >= 15 is 0 Å². The first-order valence-corrected chi connectivity index (χ1v) is 7.00. The van der Waals surface area contributed by atoms with E-state index in [-0.39, 0.29) is 18.0 Å². The molecule has 0 radical (unpaired) electrons. The summed E-state index contributed by atoms with van der Waals surface area (Å²) < 4.78 is 21.9. The Morgan fingerprint density at radius 3 is 2.50 bits per heavy atom. The minimum Gasteiger partial charge on any atom is -0.292 e. The molecule has 0 aliphatic carbocycles. The van der Waals surface area contributed by atoms with Crippen molar-refractivity contribution in [1.82, 2.24) is 4.98 Å². The van der Waals surface area contributed by atoms with Gasteiger partial charge in [0.1, 0.15) is 15.5 Å². The van der Waals surface area contributed by atoms with Crippen LogP contribution in [0.5, 0.6) is 0 Å². The van der Waals surface area contributed by atoms with Crippen LogP contribution >= 0.6 is 0 Å². The molecular formula is C11H15NO3S. The number of pyridine rings is 1. The number of carbonyl (C=O) groups is 1. The number of ketones is 1. The molecule has 0 N–H and O–H groups in total. The molecular weight excluding hydrogens is 226 g/mol. The molecule has 0 aliphatic rings. The number of aryl methyl sites for hydroxylation is 2. The standard InChI is InChI=1S/C11H15NO3S/c1-8-6-9(2)11(12-7-8)10(13)4-5-16(3,14)15/h6-7H,4-5H2,1-3H3. The van der Waals surface area contributed by atoms with Crippen LogP contribution in [0.1, 0.15) is 28.0 Å². The maximum Gasteiger partial charge on any atom is 0.182 e. The zero-order chi connectivity index (χ0) is 12.3. The summed E-state index contributed by atoms with van der Waals surface area (Å²) in [6.07, 6.45) is 2.73. The Labute approximate surface area is 95.6 Å². The van der Waals surface area contributed by atoms with Crippen LogP contribution in [-0.4, -0.2) is 31.2 Å². The molecule has 16 heavy (non-hydrogen) atoms. The van der Waals surface area contributed by atoms with E-state index in [1.165, 1.54) is 0 Å². The summed E-state index contributed by atoms with van der Waals surface area (Å²) in [5.74, 6) is -0.344. The summed E-state index contributed by atoms with van der Waals surface area (Å²) in [6, 6.07) is 1.86. The number of rotatable bonds is 4. The van der Waals surface area contributed by atoms with Crippen molar-refractivity contribution in [1.29, 1.82) is 0 Å². The van der Waals surface area contributed by atoms with Crippen molar-refractivity contribution in [2.45, 2.75) is 20.3 Å². The highest BCUT2D eigenvalue weighted by molar-refractivity contribution is 7.90. The lowest BCUT2D eigenvalue weighted by molar-refractivity contribution is 0.0983. The van der Waals surface area contributed by atoms with Gasteiger partial charge in [-0.15, -0.1) is 0 Å². The van der Waals surface area contributed by atoms with E-state index in [9.17, 15) is 13.2 Å². The monoisotopic (exact) mass is 241 g/mol. The van der Waals surface area contributed by atoms with Gasteiger partial charge in [0.05, 0.1) is 5.75 Å². The smallest absolute Gasteiger partial charge is 0.182 e. The fraction of sp³-hybridized carbons (Fsp3) is 0.455. The topological polar surface area (TPSA) is 64.1 Å². The Morgan fingerprint density at radius 2 is 2.00 bits per heavy atom. The van der Waals surface area contributed by atoms with Gasteiger partial charge in [-0.05, 0) is 25.0 Å². The Morgan fingerprint density at radius 1 is 1.38 bits per heavy atom. The number of hydrogen-bond donors (Lipinski definition) is 0. The number of aromatic nitrogens is 1. The Hall–Kier alpha value is -1.23. The average Bonchev–Trinajstić information content (AvgIpc) is 2.13. The molecule has 0 atom stereocenters. The summed E-state index contributed by atoms with van der Waals surface area (Å²) in [6.45, 7) is 3.69. The van der Waals surface area contributed by atoms with Gasteiger partial charge < -0.3 is 0 Å². The molecule has 0 unspecified atom stereocenters. The summed E-state index contributed by atoms with van der Waals surface area (Å²) >= 11 is 0. The molecule has 5 heteroatoms. The number of hydrogen-bond acceptors (Lipinski definition) is 4. The summed E-state index contributed by atoms with van der Waals surface area (Å²) in [5.41, 5.74) is 2.14. The fourth-order valence-electron chi connectivity index (χ4n) is 1.40. The van der Waals surface area contributed by atoms with Crippen molar-refractivity contribution < 1.29 is 13.2 Å². The van der Waals surface area contributed by atoms with Crippen molar-refractivity contribution in [3.05, 3.63) is 29.1 Å². The molecule has 0 spiro atoms. The molecule has 4 nitrogen and oxygen atoms in total. The van der Waals surface area contributed by atoms with Crippen LogP contribution in [-0.2, 0) is 9.84 Å². The largest absolute Gasteiger partial charge is 0.292 e. The first-order valence-electron chi connectivity index (χ1n) is 4.94. The molecule has 1 aromatic rings. The van der Waals surface area contributed by atoms with E-state index in [2.05, 4.69) is 4.98 Å². The number of Topliss-reactive ketones (excluding diaryl/α,β-unsaturated/α-hetero) is 1. The third-order valence-corrected chi connectivity index (χ3v) is 3.12. The Bertz CT molecular complexity index is 506. The van der Waals surface area contributed by atoms with Crippen molar-refractivity contribution in [3.8, 4) is 0 Å². The first-order chi connectivity index (χ1) is 7.29. The summed E-state index contributed by atoms with van der Waals surface area (Å²) in [7, 11) is -3.10. The minimum absolute atomic E-state index is 0.00423. The van der Waals surface area contributed by atoms with Gasteiger partial charge in [-0.2, -0.15) is 0 Å². The van der Waals surface area contributed by atoms with Gasteiger partial charge in [0, 0.05) is 18.9 Å². The van der Waals surface area contributed by atoms with Gasteiger partial charge in [0.25, 0.3) is 0 Å². The second-order valence-electron chi connectivity index (χ2n) is 3.98. The number of nitrogens with zero attached hydrogens (tertiary/aromatic N) is 1. The quantitative estimate of drug-likeness (QED) is 0.746. The molecule has 0 fully saturated rings. The van der Waals surface area contributed by atoms with Crippen LogP contribution in [0, 0.1) is 13.8 Å². The third kappa shape index (κ3) is 3.73. The van der Waals surface area contributed by atoms with Crippen molar-refractivity contribution >= 4 is 15.6 Å². The molecule has 0 aromatic carbocycles. The van der Waals surface area contributed by atoms with Gasteiger partial charge in [-0.1, -0.05) is 6.07 Å². The van der Waals surface area contributed by atoms with E-state index in [1.807, 2.05) is 13.0 Å². The van der Waals surface area contributed by atoms with Crippen LogP contribution in [0.25, 0.3) is 0 Å². The highest BCUT2D eigenvalue weighted by Crippen LogP contribution is 2.09.